The molecule has 0 heterocycles. The minimum absolute atomic E-state index is 0.406. The van der Waals surface area contributed by atoms with Crippen LogP contribution in [0.4, 0.5) is 0 Å². The second-order valence-corrected chi connectivity index (χ2v) is 5.36. The molecule has 0 aliphatic heterocycles. The van der Waals surface area contributed by atoms with Crippen molar-refractivity contribution in [1.82, 2.24) is 4.31 Å². The van der Waals surface area contributed by atoms with Crippen LogP contribution in [0, 0.1) is 0 Å². The van der Waals surface area contributed by atoms with Gasteiger partial charge in [0.25, 0.3) is 0 Å². The molecule has 16 heavy (non-hydrogen) atoms. The smallest absolute Gasteiger partial charge is 0.256 e. The van der Waals surface area contributed by atoms with Crippen LogP contribution >= 0.6 is 0 Å². The normalized spacial score (nSPS) is 17.6. The lowest BCUT2D eigenvalue weighted by Gasteiger charge is -2.16. The van der Waals surface area contributed by atoms with Crippen molar-refractivity contribution in [3.8, 4) is 0 Å². The van der Waals surface area contributed by atoms with Gasteiger partial charge in [0.15, 0.2) is 0 Å². The maximum Gasteiger partial charge on any atom is 0.404 e. The summed E-state index contributed by atoms with van der Waals surface area (Å²) < 4.78 is 29.2. The van der Waals surface area contributed by atoms with Gasteiger partial charge < -0.3 is 0 Å². The summed E-state index contributed by atoms with van der Waals surface area (Å²) in [7, 11) is -3.68. The van der Waals surface area contributed by atoms with Crippen LogP contribution in [0.5, 0.6) is 0 Å². The summed E-state index contributed by atoms with van der Waals surface area (Å²) >= 11 is 0. The molecule has 0 spiro atoms. The molecule has 5 nitrogen and oxygen atoms in total. The molecule has 1 aliphatic rings. The predicted octanol–water partition coefficient (Wildman–Crippen LogP) is 1.91. The van der Waals surface area contributed by atoms with Crippen molar-refractivity contribution < 1.29 is 12.7 Å². The van der Waals surface area contributed by atoms with Gasteiger partial charge in [-0.25, -0.2) is 0 Å². The topological polar surface area (TPSA) is 59.0 Å². The fourth-order valence-corrected chi connectivity index (χ4v) is 2.66. The van der Waals surface area contributed by atoms with Crippen LogP contribution in [0.2, 0.25) is 0 Å². The lowest BCUT2D eigenvalue weighted by Crippen LogP contribution is -2.31. The third kappa shape index (κ3) is 3.75. The molecule has 0 aromatic rings. The lowest BCUT2D eigenvalue weighted by atomic mass is 9.99. The van der Waals surface area contributed by atoms with Gasteiger partial charge in [-0.2, -0.15) is 12.7 Å². The van der Waals surface area contributed by atoms with E-state index in [0.29, 0.717) is 13.1 Å². The van der Waals surface area contributed by atoms with Crippen molar-refractivity contribution in [3.05, 3.63) is 0 Å². The highest BCUT2D eigenvalue weighted by molar-refractivity contribution is 7.84. The van der Waals surface area contributed by atoms with E-state index in [-0.39, 0.29) is 0 Å². The molecule has 0 bridgehead atoms. The molecule has 0 amide bonds. The lowest BCUT2D eigenvalue weighted by molar-refractivity contribution is 0.283. The molecule has 94 valence electrons. The Kier molecular flexibility index (Phi) is 5.21. The highest BCUT2D eigenvalue weighted by Gasteiger charge is 2.20. The molecule has 0 saturated heterocycles. The van der Waals surface area contributed by atoms with E-state index in [1.165, 1.54) is 10.7 Å². The first kappa shape index (κ1) is 13.4. The zero-order valence-electron chi connectivity index (χ0n) is 9.98. The van der Waals surface area contributed by atoms with Crippen LogP contribution in [0.15, 0.2) is 5.16 Å². The second-order valence-electron chi connectivity index (χ2n) is 3.83. The Hall–Kier alpha value is -0.620. The minimum Gasteiger partial charge on any atom is -0.256 e. The van der Waals surface area contributed by atoms with E-state index in [9.17, 15) is 8.42 Å². The van der Waals surface area contributed by atoms with E-state index < -0.39 is 10.3 Å². The van der Waals surface area contributed by atoms with Gasteiger partial charge in [-0.1, -0.05) is 25.4 Å². The average Bonchev–Trinajstić information content (AvgIpc) is 2.29. The summed E-state index contributed by atoms with van der Waals surface area (Å²) in [6.07, 6.45) is 5.06. The van der Waals surface area contributed by atoms with Crippen LogP contribution in [-0.4, -0.2) is 31.5 Å². The molecule has 1 saturated carbocycles. The monoisotopic (exact) mass is 248 g/mol. The fraction of sp³-hybridized carbons (Fsp3) is 0.900. The summed E-state index contributed by atoms with van der Waals surface area (Å²) in [5, 5.41) is 3.76. The zero-order chi connectivity index (χ0) is 12.0. The maximum absolute atomic E-state index is 11.6. The molecule has 1 aliphatic carbocycles. The Labute approximate surface area is 97.7 Å². The van der Waals surface area contributed by atoms with Gasteiger partial charge in [-0.3, -0.25) is 4.28 Å². The van der Waals surface area contributed by atoms with Crippen LogP contribution in [0.3, 0.4) is 0 Å². The largest absolute Gasteiger partial charge is 0.404 e. The van der Waals surface area contributed by atoms with Crippen molar-refractivity contribution >= 4 is 16.0 Å². The van der Waals surface area contributed by atoms with Gasteiger partial charge in [0.1, 0.15) is 0 Å². The Morgan fingerprint density at radius 3 is 2.25 bits per heavy atom. The molecular formula is C10H20N2O3S. The fourth-order valence-electron chi connectivity index (χ4n) is 1.74. The van der Waals surface area contributed by atoms with Crippen LogP contribution in [-0.2, 0) is 14.6 Å². The summed E-state index contributed by atoms with van der Waals surface area (Å²) in [6, 6.07) is 0. The Morgan fingerprint density at radius 1 is 1.19 bits per heavy atom. The number of hydrogen-bond acceptors (Lipinski definition) is 4. The van der Waals surface area contributed by atoms with Gasteiger partial charge >= 0.3 is 10.3 Å². The van der Waals surface area contributed by atoms with Crippen molar-refractivity contribution in [2.24, 2.45) is 5.16 Å². The molecule has 0 atom stereocenters. The van der Waals surface area contributed by atoms with Gasteiger partial charge in [0.2, 0.25) is 0 Å². The molecule has 0 unspecified atom stereocenters. The molecule has 0 aromatic carbocycles. The molecule has 1 rings (SSSR count). The number of nitrogens with zero attached hydrogens (tertiary/aromatic N) is 2. The van der Waals surface area contributed by atoms with E-state index in [0.717, 1.165) is 31.4 Å². The van der Waals surface area contributed by atoms with Gasteiger partial charge in [0.05, 0.1) is 5.71 Å². The number of hydrogen-bond donors (Lipinski definition) is 0. The molecule has 1 fully saturated rings. The zero-order valence-corrected chi connectivity index (χ0v) is 10.8. The van der Waals surface area contributed by atoms with E-state index in [2.05, 4.69) is 5.16 Å². The van der Waals surface area contributed by atoms with Gasteiger partial charge in [-0.05, 0) is 25.7 Å². The summed E-state index contributed by atoms with van der Waals surface area (Å²) in [4.78, 5) is 0. The van der Waals surface area contributed by atoms with Crippen molar-refractivity contribution in [2.75, 3.05) is 13.1 Å². The molecular weight excluding hydrogens is 228 g/mol. The van der Waals surface area contributed by atoms with Crippen molar-refractivity contribution in [3.63, 3.8) is 0 Å². The predicted molar refractivity (Wildman–Crippen MR) is 63.4 cm³/mol. The maximum atomic E-state index is 11.6. The van der Waals surface area contributed by atoms with Crippen LogP contribution in [0.1, 0.15) is 46.0 Å². The average molecular weight is 248 g/mol. The van der Waals surface area contributed by atoms with E-state index >= 15 is 0 Å². The highest BCUT2D eigenvalue weighted by Crippen LogP contribution is 2.15. The highest BCUT2D eigenvalue weighted by atomic mass is 32.2. The third-order valence-electron chi connectivity index (χ3n) is 2.71. The number of oxime groups is 1. The summed E-state index contributed by atoms with van der Waals surface area (Å²) in [5.74, 6) is 0. The first-order valence-corrected chi connectivity index (χ1v) is 7.21. The third-order valence-corrected chi connectivity index (χ3v) is 4.12. The molecule has 0 N–H and O–H groups in total. The Balaban J connectivity index is 2.58. The van der Waals surface area contributed by atoms with E-state index in [1.54, 1.807) is 13.8 Å². The minimum atomic E-state index is -3.68. The van der Waals surface area contributed by atoms with Crippen molar-refractivity contribution in [1.29, 1.82) is 0 Å². The van der Waals surface area contributed by atoms with Crippen molar-refractivity contribution in [2.45, 2.75) is 46.0 Å². The SMILES string of the molecule is CCN(CC)S(=O)(=O)ON=C1CCCCC1. The standard InChI is InChI=1S/C10H20N2O3S/c1-3-12(4-2)16(13,14)15-11-10-8-6-5-7-9-10/h3-9H2,1-2H3. The van der Waals surface area contributed by atoms with Gasteiger partial charge in [0, 0.05) is 13.1 Å². The quantitative estimate of drug-likeness (QED) is 0.698. The molecule has 0 aromatic heterocycles. The number of rotatable bonds is 5. The Morgan fingerprint density at radius 2 is 1.75 bits per heavy atom. The molecule has 6 heteroatoms. The first-order chi connectivity index (χ1) is 7.60. The first-order valence-electron chi connectivity index (χ1n) is 5.84. The second kappa shape index (κ2) is 6.20. The Bertz CT molecular complexity index is 326. The van der Waals surface area contributed by atoms with Crippen LogP contribution in [0.25, 0.3) is 0 Å². The van der Waals surface area contributed by atoms with Gasteiger partial charge in [-0.15, -0.1) is 0 Å². The summed E-state index contributed by atoms with van der Waals surface area (Å²) in [6.45, 7) is 4.36. The van der Waals surface area contributed by atoms with E-state index in [4.69, 9.17) is 4.28 Å². The summed E-state index contributed by atoms with van der Waals surface area (Å²) in [5.41, 5.74) is 0.863. The van der Waals surface area contributed by atoms with E-state index in [1.807, 2.05) is 0 Å². The van der Waals surface area contributed by atoms with Crippen LogP contribution < -0.4 is 0 Å². The molecule has 0 radical (unpaired) electrons.